The van der Waals surface area contributed by atoms with Crippen molar-refractivity contribution in [2.75, 3.05) is 36.8 Å². The number of sulfonamides is 1. The van der Waals surface area contributed by atoms with E-state index in [1.165, 1.54) is 16.7 Å². The first-order valence-corrected chi connectivity index (χ1v) is 12.9. The van der Waals surface area contributed by atoms with Crippen LogP contribution in [-0.4, -0.2) is 54.6 Å². The molecule has 0 amide bonds. The summed E-state index contributed by atoms with van der Waals surface area (Å²) in [6.07, 6.45) is 1.76. The maximum Gasteiger partial charge on any atom is 0.213 e. The normalized spacial score (nSPS) is 16.5. The van der Waals surface area contributed by atoms with E-state index in [1.54, 1.807) is 11.2 Å². The van der Waals surface area contributed by atoms with Crippen LogP contribution in [0.15, 0.2) is 18.2 Å². The zero-order valence-electron chi connectivity index (χ0n) is 19.8. The van der Waals surface area contributed by atoms with E-state index >= 15 is 0 Å². The van der Waals surface area contributed by atoms with Crippen molar-refractivity contribution in [3.8, 4) is 0 Å². The summed E-state index contributed by atoms with van der Waals surface area (Å²) in [7, 11) is -3.16. The first kappa shape index (κ1) is 23.7. The first-order chi connectivity index (χ1) is 14.7. The molecule has 6 nitrogen and oxygen atoms in total. The van der Waals surface area contributed by atoms with E-state index in [0.717, 1.165) is 35.7 Å². The van der Waals surface area contributed by atoms with Gasteiger partial charge in [0.1, 0.15) is 11.6 Å². The minimum Gasteiger partial charge on any atom is -0.354 e. The van der Waals surface area contributed by atoms with Crippen LogP contribution >= 0.6 is 0 Å². The molecule has 1 aromatic heterocycles. The molecule has 31 heavy (non-hydrogen) atoms. The lowest BCUT2D eigenvalue weighted by atomic mass is 9.97. The van der Waals surface area contributed by atoms with Gasteiger partial charge in [-0.15, -0.1) is 0 Å². The van der Waals surface area contributed by atoms with Crippen molar-refractivity contribution < 1.29 is 8.42 Å². The highest BCUT2D eigenvalue weighted by Gasteiger charge is 2.28. The van der Waals surface area contributed by atoms with Crippen LogP contribution in [0.3, 0.4) is 0 Å². The van der Waals surface area contributed by atoms with E-state index < -0.39 is 10.0 Å². The molecule has 2 heterocycles. The van der Waals surface area contributed by atoms with Gasteiger partial charge in [0, 0.05) is 49.8 Å². The third-order valence-corrected chi connectivity index (χ3v) is 8.31. The largest absolute Gasteiger partial charge is 0.354 e. The van der Waals surface area contributed by atoms with Gasteiger partial charge < -0.3 is 4.90 Å². The Balaban J connectivity index is 1.99. The Labute approximate surface area is 187 Å². The van der Waals surface area contributed by atoms with Crippen LogP contribution in [0.4, 0.5) is 5.82 Å². The van der Waals surface area contributed by atoms with E-state index in [4.69, 9.17) is 9.97 Å². The number of rotatable bonds is 7. The van der Waals surface area contributed by atoms with Gasteiger partial charge in [0.15, 0.2) is 0 Å². The van der Waals surface area contributed by atoms with Crippen molar-refractivity contribution in [3.63, 3.8) is 0 Å². The predicted molar refractivity (Wildman–Crippen MR) is 127 cm³/mol. The molecule has 2 aromatic rings. The summed E-state index contributed by atoms with van der Waals surface area (Å²) in [5.41, 5.74) is 5.96. The fourth-order valence-electron chi connectivity index (χ4n) is 4.02. The van der Waals surface area contributed by atoms with Crippen LogP contribution in [0.2, 0.25) is 0 Å². The highest BCUT2D eigenvalue weighted by Crippen LogP contribution is 2.29. The molecular weight excluding hydrogens is 408 g/mol. The molecule has 1 fully saturated rings. The van der Waals surface area contributed by atoms with E-state index in [0.29, 0.717) is 26.2 Å². The highest BCUT2D eigenvalue weighted by atomic mass is 32.2. The molecule has 0 radical (unpaired) electrons. The number of aryl methyl sites for hydroxylation is 3. The van der Waals surface area contributed by atoms with Crippen LogP contribution in [0.1, 0.15) is 66.9 Å². The molecule has 0 unspecified atom stereocenters. The summed E-state index contributed by atoms with van der Waals surface area (Å²) in [5, 5.41) is 0. The average molecular weight is 445 g/mol. The number of aromatic nitrogens is 2. The fourth-order valence-corrected chi connectivity index (χ4v) is 5.10. The highest BCUT2D eigenvalue weighted by molar-refractivity contribution is 7.89. The van der Waals surface area contributed by atoms with Gasteiger partial charge in [-0.25, -0.2) is 18.4 Å². The Morgan fingerprint density at radius 1 is 1.03 bits per heavy atom. The van der Waals surface area contributed by atoms with Gasteiger partial charge in [0.05, 0.1) is 5.75 Å². The topological polar surface area (TPSA) is 66.4 Å². The Bertz CT molecular complexity index is 1030. The molecule has 1 aromatic carbocycles. The zero-order valence-corrected chi connectivity index (χ0v) is 20.6. The SMILES string of the molecule is CC[C@H](C)c1nc(C)c(Cc2cc(C)ccc2C)c(N2CCN(S(=O)(=O)CC)CC2)n1. The zero-order chi connectivity index (χ0) is 22.8. The summed E-state index contributed by atoms with van der Waals surface area (Å²) in [6, 6.07) is 6.55. The summed E-state index contributed by atoms with van der Waals surface area (Å²) in [5.74, 6) is 2.28. The minimum absolute atomic E-state index is 0.148. The number of anilines is 1. The van der Waals surface area contributed by atoms with Crippen LogP contribution in [0, 0.1) is 20.8 Å². The van der Waals surface area contributed by atoms with Gasteiger partial charge in [0.2, 0.25) is 10.0 Å². The van der Waals surface area contributed by atoms with Gasteiger partial charge in [-0.05, 0) is 45.2 Å². The Hall–Kier alpha value is -1.99. The molecule has 7 heteroatoms. The number of piperazine rings is 1. The third-order valence-electron chi connectivity index (χ3n) is 6.43. The lowest BCUT2D eigenvalue weighted by molar-refractivity contribution is 0.384. The van der Waals surface area contributed by atoms with E-state index in [2.05, 4.69) is 57.7 Å². The summed E-state index contributed by atoms with van der Waals surface area (Å²) < 4.78 is 26.2. The summed E-state index contributed by atoms with van der Waals surface area (Å²) >= 11 is 0. The molecule has 0 aliphatic carbocycles. The first-order valence-electron chi connectivity index (χ1n) is 11.3. The van der Waals surface area contributed by atoms with Crippen LogP contribution in [-0.2, 0) is 16.4 Å². The summed E-state index contributed by atoms with van der Waals surface area (Å²) in [6.45, 7) is 14.7. The molecule has 0 bridgehead atoms. The van der Waals surface area contributed by atoms with Gasteiger partial charge >= 0.3 is 0 Å². The monoisotopic (exact) mass is 444 g/mol. The average Bonchev–Trinajstić information content (AvgIpc) is 2.76. The van der Waals surface area contributed by atoms with Crippen LogP contribution in [0.25, 0.3) is 0 Å². The Morgan fingerprint density at radius 2 is 1.71 bits per heavy atom. The lowest BCUT2D eigenvalue weighted by Crippen LogP contribution is -2.49. The molecule has 0 N–H and O–H groups in total. The second-order valence-electron chi connectivity index (χ2n) is 8.67. The molecule has 0 saturated carbocycles. The second kappa shape index (κ2) is 9.65. The van der Waals surface area contributed by atoms with Crippen LogP contribution in [0.5, 0.6) is 0 Å². The predicted octanol–water partition coefficient (Wildman–Crippen LogP) is 3.98. The van der Waals surface area contributed by atoms with Gasteiger partial charge in [-0.3, -0.25) is 0 Å². The number of benzene rings is 1. The second-order valence-corrected chi connectivity index (χ2v) is 10.9. The molecule has 1 atom stereocenters. The number of hydrogen-bond donors (Lipinski definition) is 0. The van der Waals surface area contributed by atoms with E-state index in [-0.39, 0.29) is 11.7 Å². The molecular formula is C24H36N4O2S. The van der Waals surface area contributed by atoms with Gasteiger partial charge in [-0.1, -0.05) is 37.6 Å². The van der Waals surface area contributed by atoms with Crippen molar-refractivity contribution in [3.05, 3.63) is 52.0 Å². The molecule has 3 rings (SSSR count). The maximum atomic E-state index is 12.3. The molecule has 0 spiro atoms. The lowest BCUT2D eigenvalue weighted by Gasteiger charge is -2.36. The minimum atomic E-state index is -3.16. The van der Waals surface area contributed by atoms with Crippen LogP contribution < -0.4 is 4.90 Å². The molecule has 1 aliphatic heterocycles. The summed E-state index contributed by atoms with van der Waals surface area (Å²) in [4.78, 5) is 12.2. The molecule has 170 valence electrons. The molecule has 1 saturated heterocycles. The van der Waals surface area contributed by atoms with E-state index in [1.807, 2.05) is 0 Å². The quantitative estimate of drug-likeness (QED) is 0.646. The van der Waals surface area contributed by atoms with Crippen molar-refractivity contribution in [1.82, 2.24) is 14.3 Å². The number of nitrogens with zero attached hydrogens (tertiary/aromatic N) is 4. The smallest absolute Gasteiger partial charge is 0.213 e. The van der Waals surface area contributed by atoms with Crippen molar-refractivity contribution in [1.29, 1.82) is 0 Å². The number of hydrogen-bond acceptors (Lipinski definition) is 5. The van der Waals surface area contributed by atoms with Crippen molar-refractivity contribution >= 4 is 15.8 Å². The maximum absolute atomic E-state index is 12.3. The molecule has 1 aliphatic rings. The Morgan fingerprint density at radius 3 is 2.32 bits per heavy atom. The fraction of sp³-hybridized carbons (Fsp3) is 0.583. The third kappa shape index (κ3) is 5.26. The van der Waals surface area contributed by atoms with E-state index in [9.17, 15) is 8.42 Å². The van der Waals surface area contributed by atoms with Crippen molar-refractivity contribution in [2.24, 2.45) is 0 Å². The van der Waals surface area contributed by atoms with Gasteiger partial charge in [-0.2, -0.15) is 4.31 Å². The van der Waals surface area contributed by atoms with Gasteiger partial charge in [0.25, 0.3) is 0 Å². The standard InChI is InChI=1S/C24H36N4O2S/c1-7-18(4)23-25-20(6)22(16-21-15-17(3)9-10-19(21)5)24(26-23)27-11-13-28(14-12-27)31(29,30)8-2/h9-10,15,18H,7-8,11-14,16H2,1-6H3/t18-/m0/s1. The Kier molecular flexibility index (Phi) is 7.37. The van der Waals surface area contributed by atoms with Crippen molar-refractivity contribution in [2.45, 2.75) is 60.3 Å².